The lowest BCUT2D eigenvalue weighted by atomic mass is 10.0. The molecule has 0 aromatic heterocycles. The monoisotopic (exact) mass is 406 g/mol. The Morgan fingerprint density at radius 2 is 1.48 bits per heavy atom. The van der Waals surface area contributed by atoms with Crippen molar-refractivity contribution in [1.82, 2.24) is 10.6 Å². The Balaban J connectivity index is 2.00. The highest BCUT2D eigenvalue weighted by Gasteiger charge is 2.13. The Kier molecular flexibility index (Phi) is 12.2. The van der Waals surface area contributed by atoms with Crippen LogP contribution in [0.3, 0.4) is 0 Å². The van der Waals surface area contributed by atoms with Crippen molar-refractivity contribution in [2.75, 3.05) is 13.1 Å². The molecule has 2 atom stereocenters. The molecule has 0 fully saturated rings. The van der Waals surface area contributed by atoms with Gasteiger partial charge in [-0.05, 0) is 31.2 Å². The van der Waals surface area contributed by atoms with Crippen LogP contribution in [0.5, 0.6) is 0 Å². The highest BCUT2D eigenvalue weighted by Crippen LogP contribution is 2.09. The summed E-state index contributed by atoms with van der Waals surface area (Å²) in [6.07, 6.45) is 4.13. The van der Waals surface area contributed by atoms with E-state index in [4.69, 9.17) is 9.84 Å². The lowest BCUT2D eigenvalue weighted by molar-refractivity contribution is -0.141. The van der Waals surface area contributed by atoms with Crippen LogP contribution in [0.1, 0.15) is 57.9 Å². The Hall–Kier alpha value is -2.57. The number of carbonyl (C=O) groups excluding carboxylic acids is 2. The zero-order valence-electron chi connectivity index (χ0n) is 17.5. The second-order valence-corrected chi connectivity index (χ2v) is 7.41. The summed E-state index contributed by atoms with van der Waals surface area (Å²) in [7, 11) is 0. The first-order chi connectivity index (χ1) is 13.9. The molecule has 0 spiro atoms. The molecule has 0 heterocycles. The van der Waals surface area contributed by atoms with Gasteiger partial charge in [0.2, 0.25) is 5.91 Å². The summed E-state index contributed by atoms with van der Waals surface area (Å²) >= 11 is 0. The topological polar surface area (TPSA) is 105 Å². The molecule has 0 aliphatic carbocycles. The number of benzene rings is 1. The first-order valence-corrected chi connectivity index (χ1v) is 10.3. The number of aliphatic carboxylic acids is 1. The van der Waals surface area contributed by atoms with Gasteiger partial charge in [0.05, 0.1) is 5.92 Å². The summed E-state index contributed by atoms with van der Waals surface area (Å²) < 4.78 is 5.14. The molecule has 0 aliphatic rings. The van der Waals surface area contributed by atoms with Crippen LogP contribution < -0.4 is 10.6 Å². The third-order valence-corrected chi connectivity index (χ3v) is 4.78. The van der Waals surface area contributed by atoms with E-state index in [1.807, 2.05) is 37.3 Å². The second kappa shape index (κ2) is 14.4. The molecular weight excluding hydrogens is 372 g/mol. The van der Waals surface area contributed by atoms with Crippen molar-refractivity contribution in [3.05, 3.63) is 35.9 Å². The molecule has 0 unspecified atom stereocenters. The Labute approximate surface area is 173 Å². The van der Waals surface area contributed by atoms with E-state index in [0.717, 1.165) is 37.7 Å². The molecule has 7 heteroatoms. The number of amides is 2. The smallest absolute Gasteiger partial charge is 0.407 e. The number of carboxylic acid groups (broad SMARTS) is 1. The molecule has 3 N–H and O–H groups in total. The number of hydrogen-bond acceptors (Lipinski definition) is 4. The van der Waals surface area contributed by atoms with Crippen molar-refractivity contribution in [3.8, 4) is 0 Å². The molecular formula is C22H34N2O5. The lowest BCUT2D eigenvalue weighted by Gasteiger charge is -2.12. The van der Waals surface area contributed by atoms with Gasteiger partial charge in [0, 0.05) is 19.0 Å². The number of alkyl carbamates (subject to hydrolysis) is 1. The zero-order valence-corrected chi connectivity index (χ0v) is 17.5. The van der Waals surface area contributed by atoms with Gasteiger partial charge in [-0.1, -0.05) is 57.0 Å². The number of ether oxygens (including phenoxy) is 1. The molecule has 2 amide bonds. The summed E-state index contributed by atoms with van der Waals surface area (Å²) in [6.45, 7) is 4.93. The van der Waals surface area contributed by atoms with Gasteiger partial charge in [0.1, 0.15) is 6.61 Å². The fourth-order valence-electron chi connectivity index (χ4n) is 2.76. The molecule has 1 aromatic carbocycles. The van der Waals surface area contributed by atoms with Crippen LogP contribution in [0.2, 0.25) is 0 Å². The van der Waals surface area contributed by atoms with E-state index < -0.39 is 12.1 Å². The number of nitrogens with one attached hydrogen (secondary N) is 2. The number of rotatable bonds is 14. The fourth-order valence-corrected chi connectivity index (χ4v) is 2.76. The van der Waals surface area contributed by atoms with E-state index in [0.29, 0.717) is 19.5 Å². The quantitative estimate of drug-likeness (QED) is 0.408. The molecule has 1 aromatic rings. The van der Waals surface area contributed by atoms with E-state index in [2.05, 4.69) is 10.6 Å². The van der Waals surface area contributed by atoms with Gasteiger partial charge in [0.25, 0.3) is 0 Å². The second-order valence-electron chi connectivity index (χ2n) is 7.41. The van der Waals surface area contributed by atoms with Crippen molar-refractivity contribution in [3.63, 3.8) is 0 Å². The number of carbonyl (C=O) groups is 3. The molecule has 29 heavy (non-hydrogen) atoms. The van der Waals surface area contributed by atoms with Gasteiger partial charge < -0.3 is 20.5 Å². The van der Waals surface area contributed by atoms with Gasteiger partial charge in [-0.2, -0.15) is 0 Å². The number of hydrogen-bond donors (Lipinski definition) is 3. The van der Waals surface area contributed by atoms with Crippen LogP contribution in [0.15, 0.2) is 30.3 Å². The van der Waals surface area contributed by atoms with Crippen molar-refractivity contribution >= 4 is 18.0 Å². The van der Waals surface area contributed by atoms with E-state index >= 15 is 0 Å². The molecule has 0 saturated carbocycles. The average Bonchev–Trinajstić information content (AvgIpc) is 2.71. The highest BCUT2D eigenvalue weighted by atomic mass is 16.5. The van der Waals surface area contributed by atoms with Gasteiger partial charge in [-0.3, -0.25) is 9.59 Å². The summed E-state index contributed by atoms with van der Waals surface area (Å²) in [5, 5.41) is 14.4. The summed E-state index contributed by atoms with van der Waals surface area (Å²) in [5.41, 5.74) is 0.943. The van der Waals surface area contributed by atoms with Gasteiger partial charge in [-0.25, -0.2) is 4.79 Å². The average molecular weight is 407 g/mol. The van der Waals surface area contributed by atoms with Gasteiger partial charge >= 0.3 is 12.1 Å². The first-order valence-electron chi connectivity index (χ1n) is 10.3. The Morgan fingerprint density at radius 1 is 0.897 bits per heavy atom. The van der Waals surface area contributed by atoms with E-state index in [-0.39, 0.29) is 24.3 Å². The summed E-state index contributed by atoms with van der Waals surface area (Å²) in [4.78, 5) is 34.4. The van der Waals surface area contributed by atoms with Crippen LogP contribution >= 0.6 is 0 Å². The molecule has 7 nitrogen and oxygen atoms in total. The van der Waals surface area contributed by atoms with Crippen LogP contribution in [0.25, 0.3) is 0 Å². The summed E-state index contributed by atoms with van der Waals surface area (Å²) in [5.74, 6) is -1.18. The van der Waals surface area contributed by atoms with Crippen LogP contribution in [-0.4, -0.2) is 36.2 Å². The minimum absolute atomic E-state index is 0.0199. The van der Waals surface area contributed by atoms with Crippen LogP contribution in [0.4, 0.5) is 4.79 Å². The first kappa shape index (κ1) is 24.5. The van der Waals surface area contributed by atoms with Crippen molar-refractivity contribution in [2.45, 2.75) is 59.0 Å². The van der Waals surface area contributed by atoms with Gasteiger partial charge in [-0.15, -0.1) is 0 Å². The van der Waals surface area contributed by atoms with Crippen molar-refractivity contribution in [2.24, 2.45) is 11.8 Å². The Bertz CT molecular complexity index is 621. The molecule has 0 radical (unpaired) electrons. The number of carboxylic acids is 1. The third-order valence-electron chi connectivity index (χ3n) is 4.78. The molecule has 162 valence electrons. The predicted octanol–water partition coefficient (Wildman–Crippen LogP) is 3.73. The molecule has 1 rings (SSSR count). The molecule has 0 saturated heterocycles. The Morgan fingerprint density at radius 3 is 2.10 bits per heavy atom. The van der Waals surface area contributed by atoms with Crippen LogP contribution in [0, 0.1) is 11.8 Å². The minimum Gasteiger partial charge on any atom is -0.481 e. The largest absolute Gasteiger partial charge is 0.481 e. The normalized spacial score (nSPS) is 12.6. The molecule has 0 bridgehead atoms. The third kappa shape index (κ3) is 11.8. The van der Waals surface area contributed by atoms with Crippen molar-refractivity contribution < 1.29 is 24.2 Å². The molecule has 0 aliphatic heterocycles. The zero-order chi connectivity index (χ0) is 21.5. The minimum atomic E-state index is -0.776. The maximum atomic E-state index is 12.0. The van der Waals surface area contributed by atoms with Crippen molar-refractivity contribution in [1.29, 1.82) is 0 Å². The highest BCUT2D eigenvalue weighted by molar-refractivity contribution is 5.78. The van der Waals surface area contributed by atoms with Gasteiger partial charge in [0.15, 0.2) is 0 Å². The number of unbranched alkanes of at least 4 members (excludes halogenated alkanes) is 2. The maximum Gasteiger partial charge on any atom is 0.407 e. The maximum absolute atomic E-state index is 12.0. The van der Waals surface area contributed by atoms with E-state index in [9.17, 15) is 14.4 Å². The van der Waals surface area contributed by atoms with Crippen LogP contribution in [-0.2, 0) is 20.9 Å². The summed E-state index contributed by atoms with van der Waals surface area (Å²) in [6, 6.07) is 9.50. The predicted molar refractivity (Wildman–Crippen MR) is 111 cm³/mol. The fraction of sp³-hybridized carbons (Fsp3) is 0.591. The SMILES string of the molecule is C[C@@H](CCCCNC(=O)[C@@H](C)CCCCNC(=O)OCc1ccccc1)C(=O)O. The van der Waals surface area contributed by atoms with E-state index in [1.165, 1.54) is 0 Å². The standard InChI is InChI=1S/C22H34N2O5/c1-17(20(25)23-14-8-7-11-18(2)21(26)27)10-6-9-15-24-22(28)29-16-19-12-4-3-5-13-19/h3-5,12-13,17-18H,6-11,14-16H2,1-2H3,(H,23,25)(H,24,28)(H,26,27)/t17-,18-/m0/s1. The lowest BCUT2D eigenvalue weighted by Crippen LogP contribution is -2.30. The van der Waals surface area contributed by atoms with E-state index in [1.54, 1.807) is 6.92 Å².